The second-order valence-electron chi connectivity index (χ2n) is 11.3. The van der Waals surface area contributed by atoms with Gasteiger partial charge >= 0.3 is 5.97 Å². The number of hydrogen-bond acceptors (Lipinski definition) is 4. The minimum atomic E-state index is -0.593. The lowest BCUT2D eigenvalue weighted by Gasteiger charge is -2.60. The molecule has 0 saturated heterocycles. The number of ether oxygens (including phenoxy) is 1. The van der Waals surface area contributed by atoms with Crippen molar-refractivity contribution in [3.8, 4) is 0 Å². The summed E-state index contributed by atoms with van der Waals surface area (Å²) in [6.45, 7) is 8.98. The van der Waals surface area contributed by atoms with Crippen LogP contribution < -0.4 is 0 Å². The average molecular weight is 417 g/mol. The third kappa shape index (κ3) is 3.29. The molecule has 0 aromatic heterocycles. The van der Waals surface area contributed by atoms with Gasteiger partial charge in [0.05, 0.1) is 12.2 Å². The fourth-order valence-corrected chi connectivity index (χ4v) is 8.20. The molecule has 4 aliphatic carbocycles. The second-order valence-corrected chi connectivity index (χ2v) is 11.3. The number of aliphatic hydroxyl groups is 1. The summed E-state index contributed by atoms with van der Waals surface area (Å²) < 4.78 is 5.07. The van der Waals surface area contributed by atoms with Gasteiger partial charge in [0.15, 0.2) is 5.78 Å². The largest absolute Gasteiger partial charge is 0.466 e. The average Bonchev–Trinajstić information content (AvgIpc) is 2.94. The van der Waals surface area contributed by atoms with Gasteiger partial charge in [-0.3, -0.25) is 9.59 Å². The van der Waals surface area contributed by atoms with Crippen LogP contribution in [-0.2, 0) is 14.3 Å². The lowest BCUT2D eigenvalue weighted by atomic mass is 9.44. The van der Waals surface area contributed by atoms with Crippen molar-refractivity contribution in [1.82, 2.24) is 0 Å². The van der Waals surface area contributed by atoms with Crippen molar-refractivity contribution < 1.29 is 19.4 Å². The molecular formula is C26H40O4. The third-order valence-electron chi connectivity index (χ3n) is 10.1. The number of rotatable bonds is 5. The highest BCUT2D eigenvalue weighted by Gasteiger charge is 2.64. The Morgan fingerprint density at radius 2 is 1.90 bits per heavy atom. The molecule has 3 fully saturated rings. The zero-order chi connectivity index (χ0) is 21.7. The van der Waals surface area contributed by atoms with E-state index < -0.39 is 5.60 Å². The molecule has 0 bridgehead atoms. The highest BCUT2D eigenvalue weighted by atomic mass is 16.5. The summed E-state index contributed by atoms with van der Waals surface area (Å²) >= 11 is 0. The Hall–Kier alpha value is -1.16. The minimum absolute atomic E-state index is 0.0130. The van der Waals surface area contributed by atoms with Crippen molar-refractivity contribution in [2.75, 3.05) is 6.61 Å². The maximum atomic E-state index is 12.2. The first-order chi connectivity index (χ1) is 14.1. The molecule has 0 aliphatic heterocycles. The van der Waals surface area contributed by atoms with Gasteiger partial charge in [-0.05, 0) is 98.4 Å². The van der Waals surface area contributed by atoms with Crippen molar-refractivity contribution in [2.45, 2.75) is 97.5 Å². The Morgan fingerprint density at radius 1 is 1.17 bits per heavy atom. The molecule has 1 N–H and O–H groups in total. The van der Waals surface area contributed by atoms with Gasteiger partial charge in [-0.25, -0.2) is 0 Å². The van der Waals surface area contributed by atoms with E-state index in [1.54, 1.807) is 0 Å². The standard InChI is InChI=1S/C26H40O4/c1-17-15-20(28)16-19-7-8-21-22-10-13-26(29,11-5-6-14-30-18(2)27)24(22,3)12-9-23(21)25(17,19)4/h16-17,21-23,29H,5-15H2,1-4H3/t17-,21-,22-,23-,24-,25-,26-/m0/s1. The zero-order valence-corrected chi connectivity index (χ0v) is 19.3. The van der Waals surface area contributed by atoms with Crippen LogP contribution in [0.5, 0.6) is 0 Å². The van der Waals surface area contributed by atoms with Gasteiger partial charge in [-0.2, -0.15) is 0 Å². The Morgan fingerprint density at radius 3 is 2.63 bits per heavy atom. The Bertz CT molecular complexity index is 741. The van der Waals surface area contributed by atoms with Crippen LogP contribution in [0.3, 0.4) is 0 Å². The first-order valence-corrected chi connectivity index (χ1v) is 12.2. The van der Waals surface area contributed by atoms with E-state index in [4.69, 9.17) is 4.74 Å². The smallest absolute Gasteiger partial charge is 0.302 e. The number of esters is 1. The molecule has 0 aromatic rings. The second kappa shape index (κ2) is 7.76. The van der Waals surface area contributed by atoms with E-state index in [1.165, 1.54) is 25.3 Å². The van der Waals surface area contributed by atoms with Gasteiger partial charge in [0.1, 0.15) is 0 Å². The number of fused-ring (bicyclic) bond motifs is 5. The van der Waals surface area contributed by atoms with E-state index >= 15 is 0 Å². The number of unbranched alkanes of at least 4 members (excludes halogenated alkanes) is 1. The molecule has 0 unspecified atom stereocenters. The van der Waals surface area contributed by atoms with Crippen molar-refractivity contribution in [1.29, 1.82) is 0 Å². The molecule has 0 amide bonds. The van der Waals surface area contributed by atoms with Crippen LogP contribution in [0.2, 0.25) is 0 Å². The summed E-state index contributed by atoms with van der Waals surface area (Å²) in [5.74, 6) is 2.40. The van der Waals surface area contributed by atoms with Crippen LogP contribution in [0, 0.1) is 34.5 Å². The van der Waals surface area contributed by atoms with Gasteiger partial charge < -0.3 is 9.84 Å². The molecule has 168 valence electrons. The summed E-state index contributed by atoms with van der Waals surface area (Å²) in [6, 6.07) is 0. The van der Waals surface area contributed by atoms with Crippen molar-refractivity contribution in [3.63, 3.8) is 0 Å². The fourth-order valence-electron chi connectivity index (χ4n) is 8.20. The molecule has 0 spiro atoms. The summed E-state index contributed by atoms with van der Waals surface area (Å²) in [4.78, 5) is 23.2. The zero-order valence-electron chi connectivity index (χ0n) is 19.3. The van der Waals surface area contributed by atoms with Gasteiger partial charge in [-0.15, -0.1) is 0 Å². The molecule has 7 atom stereocenters. The molecule has 0 radical (unpaired) electrons. The highest BCUT2D eigenvalue weighted by Crippen LogP contribution is 2.68. The first-order valence-electron chi connectivity index (χ1n) is 12.2. The number of carbonyl (C=O) groups is 2. The molecule has 3 saturated carbocycles. The van der Waals surface area contributed by atoms with Crippen LogP contribution in [-0.4, -0.2) is 29.1 Å². The minimum Gasteiger partial charge on any atom is -0.466 e. The maximum Gasteiger partial charge on any atom is 0.302 e. The summed E-state index contributed by atoms with van der Waals surface area (Å²) in [6.07, 6.45) is 11.7. The van der Waals surface area contributed by atoms with E-state index in [0.29, 0.717) is 42.5 Å². The van der Waals surface area contributed by atoms with Gasteiger partial charge in [-0.1, -0.05) is 26.3 Å². The highest BCUT2D eigenvalue weighted by molar-refractivity contribution is 5.92. The number of hydrogen-bond donors (Lipinski definition) is 1. The maximum absolute atomic E-state index is 12.2. The first kappa shape index (κ1) is 22.0. The van der Waals surface area contributed by atoms with Gasteiger partial charge in [0.2, 0.25) is 0 Å². The number of ketones is 1. The summed E-state index contributed by atoms with van der Waals surface area (Å²) in [5.41, 5.74) is 0.961. The van der Waals surface area contributed by atoms with Crippen molar-refractivity contribution >= 4 is 11.8 Å². The molecule has 4 heteroatoms. The Labute approximate surface area is 181 Å². The molecule has 30 heavy (non-hydrogen) atoms. The lowest BCUT2D eigenvalue weighted by molar-refractivity contribution is -0.142. The van der Waals surface area contributed by atoms with Gasteiger partial charge in [0.25, 0.3) is 0 Å². The molecule has 4 nitrogen and oxygen atoms in total. The van der Waals surface area contributed by atoms with Crippen LogP contribution in [0.4, 0.5) is 0 Å². The summed E-state index contributed by atoms with van der Waals surface area (Å²) in [5, 5.41) is 11.8. The van der Waals surface area contributed by atoms with Crippen molar-refractivity contribution in [3.05, 3.63) is 11.6 Å². The van der Waals surface area contributed by atoms with E-state index in [0.717, 1.165) is 44.9 Å². The monoisotopic (exact) mass is 416 g/mol. The predicted octanol–water partition coefficient (Wildman–Crippen LogP) is 5.23. The quantitative estimate of drug-likeness (QED) is 0.492. The normalized spacial score (nSPS) is 45.2. The van der Waals surface area contributed by atoms with Crippen LogP contribution in [0.1, 0.15) is 91.9 Å². The van der Waals surface area contributed by atoms with Crippen LogP contribution in [0.15, 0.2) is 11.6 Å². The van der Waals surface area contributed by atoms with E-state index in [2.05, 4.69) is 20.8 Å². The molecule has 4 rings (SSSR count). The number of carbonyl (C=O) groups excluding carboxylic acids is 2. The third-order valence-corrected chi connectivity index (χ3v) is 10.1. The number of allylic oxidation sites excluding steroid dienone is 1. The van der Waals surface area contributed by atoms with E-state index in [9.17, 15) is 14.7 Å². The van der Waals surface area contributed by atoms with E-state index in [-0.39, 0.29) is 16.8 Å². The van der Waals surface area contributed by atoms with E-state index in [1.807, 2.05) is 6.08 Å². The topological polar surface area (TPSA) is 63.6 Å². The predicted molar refractivity (Wildman–Crippen MR) is 117 cm³/mol. The molecule has 4 aliphatic rings. The fraction of sp³-hybridized carbons (Fsp3) is 0.846. The Kier molecular flexibility index (Phi) is 5.70. The molecule has 0 aromatic carbocycles. The molecule has 0 heterocycles. The van der Waals surface area contributed by atoms with Crippen LogP contribution in [0.25, 0.3) is 0 Å². The molecular weight excluding hydrogens is 376 g/mol. The SMILES string of the molecule is CC(=O)OCCCC[C@]1(O)CC[C@H]2[C@@H]3CCC4=CC(=O)C[C@H](C)[C@]4(C)[C@H]3CC[C@@]21C. The van der Waals surface area contributed by atoms with Crippen LogP contribution >= 0.6 is 0 Å². The van der Waals surface area contributed by atoms with Crippen molar-refractivity contribution in [2.24, 2.45) is 34.5 Å². The summed E-state index contributed by atoms with van der Waals surface area (Å²) in [7, 11) is 0. The van der Waals surface area contributed by atoms with Gasteiger partial charge in [0, 0.05) is 13.3 Å². The Balaban J connectivity index is 1.49. The lowest BCUT2D eigenvalue weighted by Crippen LogP contribution is -2.56.